The number of rotatable bonds is 2. The van der Waals surface area contributed by atoms with E-state index in [1.165, 1.54) is 0 Å². The second-order valence-electron chi connectivity index (χ2n) is 4.35. The van der Waals surface area contributed by atoms with Crippen LogP contribution < -0.4 is 0 Å². The molecule has 3 heteroatoms. The number of ether oxygens (including phenoxy) is 2. The van der Waals surface area contributed by atoms with Gasteiger partial charge < -0.3 is 14.6 Å². The highest BCUT2D eigenvalue weighted by molar-refractivity contribution is 4.76. The molecule has 1 aliphatic rings. The minimum Gasteiger partial charge on any atom is -0.396 e. The Kier molecular flexibility index (Phi) is 2.76. The lowest BCUT2D eigenvalue weighted by molar-refractivity contribution is -0.293. The van der Waals surface area contributed by atoms with Crippen LogP contribution >= 0.6 is 0 Å². The molecule has 12 heavy (non-hydrogen) atoms. The lowest BCUT2D eigenvalue weighted by Crippen LogP contribution is -2.46. The predicted molar refractivity (Wildman–Crippen MR) is 45.8 cm³/mol. The van der Waals surface area contributed by atoms with Crippen LogP contribution in [0.4, 0.5) is 0 Å². The molecular weight excluding hydrogens is 156 g/mol. The van der Waals surface area contributed by atoms with Gasteiger partial charge in [0.25, 0.3) is 0 Å². The van der Waals surface area contributed by atoms with Crippen LogP contribution in [0, 0.1) is 5.41 Å². The lowest BCUT2D eigenvalue weighted by Gasteiger charge is -2.41. The van der Waals surface area contributed by atoms with E-state index in [1.54, 1.807) is 0 Å². The molecule has 0 atom stereocenters. The topological polar surface area (TPSA) is 38.7 Å². The Morgan fingerprint density at radius 1 is 1.17 bits per heavy atom. The van der Waals surface area contributed by atoms with Crippen LogP contribution in [0.15, 0.2) is 0 Å². The quantitative estimate of drug-likeness (QED) is 0.682. The molecule has 0 aromatic carbocycles. The van der Waals surface area contributed by atoms with Gasteiger partial charge in [-0.25, -0.2) is 0 Å². The van der Waals surface area contributed by atoms with E-state index in [2.05, 4.69) is 13.8 Å². The van der Waals surface area contributed by atoms with Crippen LogP contribution in [-0.4, -0.2) is 30.7 Å². The van der Waals surface area contributed by atoms with E-state index in [9.17, 15) is 0 Å². The summed E-state index contributed by atoms with van der Waals surface area (Å²) in [4.78, 5) is 0. The molecule has 0 aliphatic carbocycles. The molecule has 1 N–H and O–H groups in total. The molecular formula is C9H18O3. The van der Waals surface area contributed by atoms with E-state index in [0.717, 1.165) is 0 Å². The predicted octanol–water partition coefficient (Wildman–Crippen LogP) is 1.16. The Hall–Kier alpha value is -0.120. The Morgan fingerprint density at radius 2 is 1.67 bits per heavy atom. The van der Waals surface area contributed by atoms with Crippen molar-refractivity contribution in [2.45, 2.75) is 33.0 Å². The number of hydrogen-bond acceptors (Lipinski definition) is 3. The third kappa shape index (κ3) is 2.44. The third-order valence-corrected chi connectivity index (χ3v) is 2.10. The fraction of sp³-hybridized carbons (Fsp3) is 1.00. The van der Waals surface area contributed by atoms with Gasteiger partial charge in [-0.1, -0.05) is 13.8 Å². The molecule has 0 saturated carbocycles. The van der Waals surface area contributed by atoms with Crippen LogP contribution in [0.25, 0.3) is 0 Å². The Balaban J connectivity index is 2.44. The zero-order valence-corrected chi connectivity index (χ0v) is 8.09. The molecule has 3 nitrogen and oxygen atoms in total. The van der Waals surface area contributed by atoms with Crippen LogP contribution in [0.5, 0.6) is 0 Å². The molecule has 0 spiro atoms. The second-order valence-corrected chi connectivity index (χ2v) is 4.35. The zero-order chi connectivity index (χ0) is 9.24. The van der Waals surface area contributed by atoms with Gasteiger partial charge in [-0.05, 0) is 6.92 Å². The van der Waals surface area contributed by atoms with Crippen LogP contribution in [-0.2, 0) is 9.47 Å². The van der Waals surface area contributed by atoms with Gasteiger partial charge >= 0.3 is 0 Å². The summed E-state index contributed by atoms with van der Waals surface area (Å²) in [6, 6.07) is 0. The number of aliphatic hydroxyl groups excluding tert-OH is 1. The summed E-state index contributed by atoms with van der Waals surface area (Å²) in [5, 5.41) is 8.75. The Morgan fingerprint density at radius 3 is 2.08 bits per heavy atom. The molecule has 1 heterocycles. The first-order chi connectivity index (χ1) is 5.47. The van der Waals surface area contributed by atoms with E-state index in [0.29, 0.717) is 19.6 Å². The summed E-state index contributed by atoms with van der Waals surface area (Å²) in [5.41, 5.74) is 0.106. The molecule has 0 unspecified atom stereocenters. The van der Waals surface area contributed by atoms with Gasteiger partial charge in [-0.2, -0.15) is 0 Å². The minimum atomic E-state index is -0.565. The summed E-state index contributed by atoms with van der Waals surface area (Å²) >= 11 is 0. The summed E-state index contributed by atoms with van der Waals surface area (Å²) in [7, 11) is 0. The van der Waals surface area contributed by atoms with E-state index in [-0.39, 0.29) is 12.0 Å². The minimum absolute atomic E-state index is 0.106. The summed E-state index contributed by atoms with van der Waals surface area (Å²) in [5.74, 6) is -0.565. The maximum atomic E-state index is 8.75. The molecule has 1 saturated heterocycles. The van der Waals surface area contributed by atoms with Gasteiger partial charge in [-0.3, -0.25) is 0 Å². The van der Waals surface area contributed by atoms with Gasteiger partial charge in [-0.15, -0.1) is 0 Å². The van der Waals surface area contributed by atoms with Crippen molar-refractivity contribution < 1.29 is 14.6 Å². The van der Waals surface area contributed by atoms with Crippen LogP contribution in [0.1, 0.15) is 27.2 Å². The van der Waals surface area contributed by atoms with E-state index in [1.807, 2.05) is 6.92 Å². The van der Waals surface area contributed by atoms with Gasteiger partial charge in [0, 0.05) is 18.4 Å². The highest BCUT2D eigenvalue weighted by Gasteiger charge is 2.36. The fourth-order valence-electron chi connectivity index (χ4n) is 1.13. The normalized spacial score (nSPS) is 27.0. The first kappa shape index (κ1) is 9.96. The van der Waals surface area contributed by atoms with Crippen molar-refractivity contribution in [3.8, 4) is 0 Å². The molecule has 0 radical (unpaired) electrons. The maximum Gasteiger partial charge on any atom is 0.167 e. The van der Waals surface area contributed by atoms with Crippen molar-refractivity contribution >= 4 is 0 Å². The Labute approximate surface area is 73.7 Å². The van der Waals surface area contributed by atoms with Crippen LogP contribution in [0.2, 0.25) is 0 Å². The standard InChI is InChI=1S/C9H18O3/c1-8(2)6-11-9(3,4-5-10)12-7-8/h10H,4-7H2,1-3H3. The third-order valence-electron chi connectivity index (χ3n) is 2.10. The monoisotopic (exact) mass is 174 g/mol. The van der Waals surface area contributed by atoms with Gasteiger partial charge in [0.05, 0.1) is 13.2 Å². The smallest absolute Gasteiger partial charge is 0.167 e. The average Bonchev–Trinajstić information content (AvgIpc) is 1.98. The summed E-state index contributed by atoms with van der Waals surface area (Å²) in [6.07, 6.45) is 0.545. The van der Waals surface area contributed by atoms with E-state index in [4.69, 9.17) is 14.6 Å². The number of hydrogen-bond donors (Lipinski definition) is 1. The largest absolute Gasteiger partial charge is 0.396 e. The first-order valence-corrected chi connectivity index (χ1v) is 4.36. The second kappa shape index (κ2) is 3.32. The molecule has 1 fully saturated rings. The van der Waals surface area contributed by atoms with Crippen molar-refractivity contribution in [1.29, 1.82) is 0 Å². The van der Waals surface area contributed by atoms with Crippen molar-refractivity contribution in [3.63, 3.8) is 0 Å². The van der Waals surface area contributed by atoms with Crippen molar-refractivity contribution in [2.24, 2.45) is 5.41 Å². The molecule has 0 aromatic heterocycles. The molecule has 72 valence electrons. The molecule has 0 bridgehead atoms. The van der Waals surface area contributed by atoms with Crippen molar-refractivity contribution in [3.05, 3.63) is 0 Å². The Bertz CT molecular complexity index is 144. The van der Waals surface area contributed by atoms with Crippen molar-refractivity contribution in [2.75, 3.05) is 19.8 Å². The van der Waals surface area contributed by atoms with Crippen LogP contribution in [0.3, 0.4) is 0 Å². The summed E-state index contributed by atoms with van der Waals surface area (Å²) in [6.45, 7) is 7.58. The number of aliphatic hydroxyl groups is 1. The lowest BCUT2D eigenvalue weighted by atomic mass is 9.94. The van der Waals surface area contributed by atoms with Crippen molar-refractivity contribution in [1.82, 2.24) is 0 Å². The molecule has 1 aliphatic heterocycles. The molecule has 1 rings (SSSR count). The van der Waals surface area contributed by atoms with E-state index < -0.39 is 5.79 Å². The SMILES string of the molecule is CC1(C)COC(C)(CCO)OC1. The highest BCUT2D eigenvalue weighted by Crippen LogP contribution is 2.30. The highest BCUT2D eigenvalue weighted by atomic mass is 16.7. The fourth-order valence-corrected chi connectivity index (χ4v) is 1.13. The molecule has 0 aromatic rings. The zero-order valence-electron chi connectivity index (χ0n) is 8.09. The summed E-state index contributed by atoms with van der Waals surface area (Å²) < 4.78 is 11.1. The average molecular weight is 174 g/mol. The van der Waals surface area contributed by atoms with Gasteiger partial charge in [0.1, 0.15) is 0 Å². The molecule has 0 amide bonds. The van der Waals surface area contributed by atoms with Gasteiger partial charge in [0.15, 0.2) is 5.79 Å². The first-order valence-electron chi connectivity index (χ1n) is 4.36. The maximum absolute atomic E-state index is 8.75. The van der Waals surface area contributed by atoms with Gasteiger partial charge in [0.2, 0.25) is 0 Å². The van der Waals surface area contributed by atoms with E-state index >= 15 is 0 Å².